The van der Waals surface area contributed by atoms with Gasteiger partial charge in [0.05, 0.1) is 30.5 Å². The number of nitrogens with zero attached hydrogens (tertiary/aromatic N) is 4. The molecular weight excluding hydrogens is 380 g/mol. The van der Waals surface area contributed by atoms with E-state index in [1.54, 1.807) is 6.20 Å². The zero-order valence-electron chi connectivity index (χ0n) is 18.1. The highest BCUT2D eigenvalue weighted by atomic mass is 16.5. The van der Waals surface area contributed by atoms with Crippen molar-refractivity contribution in [1.29, 1.82) is 0 Å². The highest BCUT2D eigenvalue weighted by molar-refractivity contribution is 5.94. The van der Waals surface area contributed by atoms with Gasteiger partial charge in [0.15, 0.2) is 0 Å². The minimum atomic E-state index is 0.00699. The van der Waals surface area contributed by atoms with Gasteiger partial charge in [-0.2, -0.15) is 0 Å². The van der Waals surface area contributed by atoms with Crippen LogP contribution in [0, 0.1) is 5.92 Å². The largest absolute Gasteiger partial charge is 0.378 e. The average Bonchev–Trinajstić information content (AvgIpc) is 3.29. The molecule has 0 N–H and O–H groups in total. The van der Waals surface area contributed by atoms with Gasteiger partial charge in [-0.25, -0.2) is 0 Å². The van der Waals surface area contributed by atoms with Crippen LogP contribution in [0.2, 0.25) is 0 Å². The molecule has 1 aromatic heterocycles. The number of aromatic nitrogens is 1. The van der Waals surface area contributed by atoms with Gasteiger partial charge in [0.25, 0.3) is 5.91 Å². The van der Waals surface area contributed by atoms with Gasteiger partial charge < -0.3 is 19.4 Å². The summed E-state index contributed by atoms with van der Waals surface area (Å²) >= 11 is 0. The van der Waals surface area contributed by atoms with Crippen molar-refractivity contribution in [3.05, 3.63) is 29.6 Å². The number of hydrogen-bond acceptors (Lipinski definition) is 5. The predicted octanol–water partition coefficient (Wildman–Crippen LogP) is 2.34. The zero-order valence-corrected chi connectivity index (χ0v) is 18.1. The molecule has 3 fully saturated rings. The first kappa shape index (κ1) is 21.2. The normalized spacial score (nSPS) is 23.7. The van der Waals surface area contributed by atoms with E-state index < -0.39 is 0 Å². The first-order chi connectivity index (χ1) is 14.6. The van der Waals surface area contributed by atoms with Crippen LogP contribution in [-0.2, 0) is 9.53 Å². The Labute approximate surface area is 179 Å². The van der Waals surface area contributed by atoms with Crippen LogP contribution in [0.4, 0.5) is 0 Å². The van der Waals surface area contributed by atoms with Gasteiger partial charge in [-0.05, 0) is 56.8 Å². The first-order valence-corrected chi connectivity index (χ1v) is 11.5. The van der Waals surface area contributed by atoms with Crippen LogP contribution >= 0.6 is 0 Å². The van der Waals surface area contributed by atoms with Crippen LogP contribution in [0.1, 0.15) is 61.1 Å². The van der Waals surface area contributed by atoms with E-state index in [0.29, 0.717) is 38.3 Å². The van der Waals surface area contributed by atoms with Crippen molar-refractivity contribution in [2.45, 2.75) is 45.1 Å². The summed E-state index contributed by atoms with van der Waals surface area (Å²) in [5.74, 6) is 1.04. The van der Waals surface area contributed by atoms with Crippen molar-refractivity contribution < 1.29 is 14.3 Å². The smallest absolute Gasteiger partial charge is 0.255 e. The van der Waals surface area contributed by atoms with Crippen molar-refractivity contribution in [3.8, 4) is 0 Å². The van der Waals surface area contributed by atoms with Crippen LogP contribution in [0.5, 0.6) is 0 Å². The topological polar surface area (TPSA) is 66.0 Å². The Kier molecular flexibility index (Phi) is 7.00. The second kappa shape index (κ2) is 9.88. The van der Waals surface area contributed by atoms with Crippen LogP contribution in [0.3, 0.4) is 0 Å². The quantitative estimate of drug-likeness (QED) is 0.740. The lowest BCUT2D eigenvalue weighted by Gasteiger charge is -2.31. The van der Waals surface area contributed by atoms with Crippen LogP contribution < -0.4 is 0 Å². The molecule has 3 aliphatic heterocycles. The van der Waals surface area contributed by atoms with E-state index in [9.17, 15) is 9.59 Å². The third-order valence-electron chi connectivity index (χ3n) is 6.76. The van der Waals surface area contributed by atoms with Crippen molar-refractivity contribution in [3.63, 3.8) is 0 Å². The molecule has 3 aliphatic rings. The summed E-state index contributed by atoms with van der Waals surface area (Å²) in [6.45, 7) is 8.62. The fourth-order valence-corrected chi connectivity index (χ4v) is 4.73. The van der Waals surface area contributed by atoms with Crippen molar-refractivity contribution >= 4 is 11.8 Å². The van der Waals surface area contributed by atoms with Gasteiger partial charge in [-0.1, -0.05) is 6.92 Å². The fourth-order valence-electron chi connectivity index (χ4n) is 4.73. The molecule has 0 saturated carbocycles. The number of carbonyl (C=O) groups is 2. The summed E-state index contributed by atoms with van der Waals surface area (Å²) in [4.78, 5) is 36.4. The van der Waals surface area contributed by atoms with Gasteiger partial charge in [-0.15, -0.1) is 0 Å². The maximum atomic E-state index is 12.9. The van der Waals surface area contributed by atoms with E-state index >= 15 is 0 Å². The summed E-state index contributed by atoms with van der Waals surface area (Å²) < 4.78 is 5.32. The highest BCUT2D eigenvalue weighted by Crippen LogP contribution is 2.31. The van der Waals surface area contributed by atoms with Gasteiger partial charge in [0.2, 0.25) is 5.91 Å². The van der Waals surface area contributed by atoms with Gasteiger partial charge in [-0.3, -0.25) is 14.6 Å². The van der Waals surface area contributed by atoms with Crippen molar-refractivity contribution in [2.75, 3.05) is 52.5 Å². The Morgan fingerprint density at radius 2 is 1.83 bits per heavy atom. The molecule has 1 aromatic rings. The number of amides is 2. The SMILES string of the molecule is CC1CCN(CCC(=O)N2CCCC2c2ccc(C(=O)N3CCOCC3)cn2)CC1. The molecule has 7 heteroatoms. The molecule has 4 rings (SSSR count). The lowest BCUT2D eigenvalue weighted by atomic mass is 9.99. The molecule has 1 atom stereocenters. The average molecular weight is 415 g/mol. The third kappa shape index (κ3) is 5.01. The number of pyridine rings is 1. The number of piperidine rings is 1. The number of ether oxygens (including phenoxy) is 1. The Balaban J connectivity index is 1.33. The summed E-state index contributed by atoms with van der Waals surface area (Å²) in [5.41, 5.74) is 1.50. The standard InChI is InChI=1S/C23H34N4O3/c1-18-6-10-25(11-7-18)12-8-22(28)27-9-2-3-21(27)20-5-4-19(17-24-20)23(29)26-13-15-30-16-14-26/h4-5,17-18,21H,2-3,6-16H2,1H3. The third-order valence-corrected chi connectivity index (χ3v) is 6.76. The number of carbonyl (C=O) groups excluding carboxylic acids is 2. The number of morpholine rings is 1. The fraction of sp³-hybridized carbons (Fsp3) is 0.696. The van der Waals surface area contributed by atoms with Crippen LogP contribution in [-0.4, -0.2) is 84.0 Å². The molecule has 1 unspecified atom stereocenters. The molecule has 0 bridgehead atoms. The highest BCUT2D eigenvalue weighted by Gasteiger charge is 2.31. The Morgan fingerprint density at radius 3 is 2.53 bits per heavy atom. The first-order valence-electron chi connectivity index (χ1n) is 11.5. The predicted molar refractivity (Wildman–Crippen MR) is 114 cm³/mol. The van der Waals surface area contributed by atoms with Crippen LogP contribution in [0.25, 0.3) is 0 Å². The molecular formula is C23H34N4O3. The lowest BCUT2D eigenvalue weighted by molar-refractivity contribution is -0.132. The van der Waals surface area contributed by atoms with Gasteiger partial charge >= 0.3 is 0 Å². The summed E-state index contributed by atoms with van der Waals surface area (Å²) in [6.07, 6.45) is 6.67. The van der Waals surface area contributed by atoms with Gasteiger partial charge in [0, 0.05) is 38.8 Å². The molecule has 4 heterocycles. The molecule has 164 valence electrons. The minimum Gasteiger partial charge on any atom is -0.378 e. The molecule has 2 amide bonds. The second-order valence-corrected chi connectivity index (χ2v) is 8.90. The van der Waals surface area contributed by atoms with Crippen LogP contribution in [0.15, 0.2) is 18.3 Å². The molecule has 0 aromatic carbocycles. The van der Waals surface area contributed by atoms with Crippen molar-refractivity contribution in [1.82, 2.24) is 19.7 Å². The molecule has 0 spiro atoms. The molecule has 0 aliphatic carbocycles. The Bertz CT molecular complexity index is 724. The van der Waals surface area contributed by atoms with E-state index in [0.717, 1.165) is 50.6 Å². The second-order valence-electron chi connectivity index (χ2n) is 8.90. The molecule has 30 heavy (non-hydrogen) atoms. The Hall–Kier alpha value is -1.99. The van der Waals surface area contributed by atoms with E-state index in [2.05, 4.69) is 16.8 Å². The number of hydrogen-bond donors (Lipinski definition) is 0. The molecule has 3 saturated heterocycles. The van der Waals surface area contributed by atoms with Gasteiger partial charge in [0.1, 0.15) is 0 Å². The number of likely N-dealkylation sites (tertiary alicyclic amines) is 2. The zero-order chi connectivity index (χ0) is 20.9. The van der Waals surface area contributed by atoms with E-state index in [4.69, 9.17) is 4.74 Å². The maximum Gasteiger partial charge on any atom is 0.255 e. The minimum absolute atomic E-state index is 0.00699. The molecule has 7 nitrogen and oxygen atoms in total. The summed E-state index contributed by atoms with van der Waals surface area (Å²) in [6, 6.07) is 3.82. The number of rotatable bonds is 5. The van der Waals surface area contributed by atoms with Crippen molar-refractivity contribution in [2.24, 2.45) is 5.92 Å². The summed E-state index contributed by atoms with van der Waals surface area (Å²) in [5, 5.41) is 0. The van der Waals surface area contributed by atoms with E-state index in [1.165, 1.54) is 12.8 Å². The summed E-state index contributed by atoms with van der Waals surface area (Å²) in [7, 11) is 0. The lowest BCUT2D eigenvalue weighted by Crippen LogP contribution is -2.40. The molecule has 0 radical (unpaired) electrons. The maximum absolute atomic E-state index is 12.9. The Morgan fingerprint density at radius 1 is 1.07 bits per heavy atom. The monoisotopic (exact) mass is 414 g/mol. The van der Waals surface area contributed by atoms with E-state index in [1.807, 2.05) is 21.9 Å². The van der Waals surface area contributed by atoms with E-state index in [-0.39, 0.29) is 17.9 Å².